The quantitative estimate of drug-likeness (QED) is 0.605. The Morgan fingerprint density at radius 1 is 0.880 bits per heavy atom. The normalized spacial score (nSPS) is 10.3. The number of para-hydroxylation sites is 1. The number of thiocarbonyl (C=S) groups is 1. The van der Waals surface area contributed by atoms with Crippen LogP contribution in [0.15, 0.2) is 72.8 Å². The van der Waals surface area contributed by atoms with Crippen LogP contribution in [0.1, 0.15) is 16.7 Å². The minimum Gasteiger partial charge on any atom is -0.332 e. The maximum absolute atomic E-state index is 13.9. The van der Waals surface area contributed by atoms with Gasteiger partial charge in [-0.15, -0.1) is 0 Å². The fourth-order valence-corrected chi connectivity index (χ4v) is 2.84. The molecule has 2 nitrogen and oxygen atoms in total. The van der Waals surface area contributed by atoms with Crippen molar-refractivity contribution in [1.82, 2.24) is 0 Å². The van der Waals surface area contributed by atoms with E-state index in [-0.39, 0.29) is 5.82 Å². The monoisotopic (exact) mass is 350 g/mol. The second-order valence-corrected chi connectivity index (χ2v) is 6.29. The van der Waals surface area contributed by atoms with Crippen LogP contribution in [0.3, 0.4) is 0 Å². The highest BCUT2D eigenvalue weighted by Crippen LogP contribution is 2.20. The first-order valence-corrected chi connectivity index (χ1v) is 8.48. The number of hydrogen-bond donors (Lipinski definition) is 2. The van der Waals surface area contributed by atoms with Crippen molar-refractivity contribution in [3.63, 3.8) is 0 Å². The van der Waals surface area contributed by atoms with E-state index in [2.05, 4.69) is 28.8 Å². The van der Waals surface area contributed by atoms with Gasteiger partial charge in [0.25, 0.3) is 0 Å². The summed E-state index contributed by atoms with van der Waals surface area (Å²) in [7, 11) is 0. The summed E-state index contributed by atoms with van der Waals surface area (Å²) in [4.78, 5) is 0. The number of hydrogen-bond acceptors (Lipinski definition) is 1. The molecule has 0 aliphatic rings. The molecule has 25 heavy (non-hydrogen) atoms. The third kappa shape index (κ3) is 4.64. The minimum absolute atomic E-state index is 0.327. The molecule has 2 N–H and O–H groups in total. The zero-order valence-electron chi connectivity index (χ0n) is 13.9. The van der Waals surface area contributed by atoms with Gasteiger partial charge in [-0.25, -0.2) is 4.39 Å². The minimum atomic E-state index is -0.327. The molecule has 0 aromatic heterocycles. The average molecular weight is 350 g/mol. The summed E-state index contributed by atoms with van der Waals surface area (Å²) in [6.07, 6.45) is 0.797. The Morgan fingerprint density at radius 3 is 2.36 bits per heavy atom. The van der Waals surface area contributed by atoms with Gasteiger partial charge in [0, 0.05) is 5.69 Å². The maximum Gasteiger partial charge on any atom is 0.175 e. The molecule has 0 aliphatic heterocycles. The highest BCUT2D eigenvalue weighted by Gasteiger charge is 2.08. The number of anilines is 2. The van der Waals surface area contributed by atoms with Crippen molar-refractivity contribution >= 4 is 28.7 Å². The number of halogens is 1. The predicted molar refractivity (Wildman–Crippen MR) is 107 cm³/mol. The van der Waals surface area contributed by atoms with Crippen LogP contribution in [0.4, 0.5) is 15.8 Å². The zero-order chi connectivity index (χ0) is 17.6. The van der Waals surface area contributed by atoms with E-state index in [1.165, 1.54) is 11.6 Å². The van der Waals surface area contributed by atoms with Crippen LogP contribution >= 0.6 is 12.2 Å². The second-order valence-electron chi connectivity index (χ2n) is 5.88. The number of nitrogens with one attached hydrogen (secondary N) is 2. The maximum atomic E-state index is 13.9. The molecule has 0 saturated heterocycles. The lowest BCUT2D eigenvalue weighted by Crippen LogP contribution is -2.20. The van der Waals surface area contributed by atoms with Crippen molar-refractivity contribution in [3.8, 4) is 0 Å². The smallest absolute Gasteiger partial charge is 0.175 e. The third-order valence-corrected chi connectivity index (χ3v) is 4.08. The van der Waals surface area contributed by atoms with Crippen LogP contribution in [0, 0.1) is 12.7 Å². The molecule has 0 atom stereocenters. The summed E-state index contributed by atoms with van der Waals surface area (Å²) in [6, 6.07) is 23.1. The van der Waals surface area contributed by atoms with Gasteiger partial charge < -0.3 is 10.6 Å². The fraction of sp³-hybridized carbons (Fsp3) is 0.0952. The lowest BCUT2D eigenvalue weighted by atomic mass is 10.0. The molecule has 126 valence electrons. The lowest BCUT2D eigenvalue weighted by Gasteiger charge is -2.15. The Balaban J connectivity index is 1.74. The number of aryl methyl sites for hydroxylation is 1. The molecule has 3 aromatic rings. The molecule has 0 amide bonds. The molecule has 0 unspecified atom stereocenters. The predicted octanol–water partition coefficient (Wildman–Crippen LogP) is 5.53. The molecule has 3 rings (SSSR count). The van der Waals surface area contributed by atoms with E-state index in [9.17, 15) is 4.39 Å². The Morgan fingerprint density at radius 2 is 1.56 bits per heavy atom. The van der Waals surface area contributed by atoms with E-state index < -0.39 is 0 Å². The van der Waals surface area contributed by atoms with Crippen LogP contribution in [0.25, 0.3) is 0 Å². The van der Waals surface area contributed by atoms with E-state index in [1.54, 1.807) is 12.1 Å². The SMILES string of the molecule is Cc1ccc(F)c(NC(=S)Nc2ccccc2Cc2ccccc2)c1. The van der Waals surface area contributed by atoms with Crippen LogP contribution in [-0.4, -0.2) is 5.11 Å². The Kier molecular flexibility index (Phi) is 5.41. The molecule has 0 heterocycles. The van der Waals surface area contributed by atoms with Gasteiger partial charge >= 0.3 is 0 Å². The van der Waals surface area contributed by atoms with Gasteiger partial charge in [-0.05, 0) is 60.5 Å². The summed E-state index contributed by atoms with van der Waals surface area (Å²) in [5.74, 6) is -0.327. The largest absolute Gasteiger partial charge is 0.332 e. The Bertz CT molecular complexity index is 878. The summed E-state index contributed by atoms with van der Waals surface area (Å²) < 4.78 is 13.9. The summed E-state index contributed by atoms with van der Waals surface area (Å²) >= 11 is 5.36. The highest BCUT2D eigenvalue weighted by molar-refractivity contribution is 7.80. The molecule has 0 spiro atoms. The first-order valence-electron chi connectivity index (χ1n) is 8.08. The van der Waals surface area contributed by atoms with Crippen LogP contribution in [-0.2, 0) is 6.42 Å². The first kappa shape index (κ1) is 17.1. The highest BCUT2D eigenvalue weighted by atomic mass is 32.1. The fourth-order valence-electron chi connectivity index (χ4n) is 2.62. The lowest BCUT2D eigenvalue weighted by molar-refractivity contribution is 0.632. The van der Waals surface area contributed by atoms with Crippen molar-refractivity contribution in [1.29, 1.82) is 0 Å². The summed E-state index contributed by atoms with van der Waals surface area (Å²) in [5.41, 5.74) is 4.61. The Hall–Kier alpha value is -2.72. The number of rotatable bonds is 4. The van der Waals surface area contributed by atoms with Crippen LogP contribution in [0.2, 0.25) is 0 Å². The molecule has 4 heteroatoms. The molecule has 3 aromatic carbocycles. The van der Waals surface area contributed by atoms with Gasteiger partial charge in [-0.2, -0.15) is 0 Å². The molecule has 0 bridgehead atoms. The van der Waals surface area contributed by atoms with E-state index >= 15 is 0 Å². The van der Waals surface area contributed by atoms with Gasteiger partial charge in [0.05, 0.1) is 5.69 Å². The molecule has 0 saturated carbocycles. The van der Waals surface area contributed by atoms with Gasteiger partial charge in [0.1, 0.15) is 5.82 Å². The molecular weight excluding hydrogens is 331 g/mol. The average Bonchev–Trinajstić information content (AvgIpc) is 2.61. The van der Waals surface area contributed by atoms with Crippen molar-refractivity contribution in [3.05, 3.63) is 95.3 Å². The topological polar surface area (TPSA) is 24.1 Å². The van der Waals surface area contributed by atoms with E-state index in [1.807, 2.05) is 43.3 Å². The van der Waals surface area contributed by atoms with E-state index in [0.717, 1.165) is 23.2 Å². The van der Waals surface area contributed by atoms with Crippen molar-refractivity contribution in [2.24, 2.45) is 0 Å². The third-order valence-electron chi connectivity index (χ3n) is 3.87. The van der Waals surface area contributed by atoms with Gasteiger partial charge in [0.15, 0.2) is 5.11 Å². The molecule has 0 radical (unpaired) electrons. The zero-order valence-corrected chi connectivity index (χ0v) is 14.7. The summed E-state index contributed by atoms with van der Waals surface area (Å²) in [5, 5.41) is 6.48. The summed E-state index contributed by atoms with van der Waals surface area (Å²) in [6.45, 7) is 1.91. The molecule has 0 aliphatic carbocycles. The van der Waals surface area contributed by atoms with Crippen molar-refractivity contribution in [2.75, 3.05) is 10.6 Å². The molecule has 0 fully saturated rings. The molecular formula is C21H19FN2S. The van der Waals surface area contributed by atoms with Crippen molar-refractivity contribution in [2.45, 2.75) is 13.3 Å². The van der Waals surface area contributed by atoms with Crippen molar-refractivity contribution < 1.29 is 4.39 Å². The van der Waals surface area contributed by atoms with E-state index in [0.29, 0.717) is 10.8 Å². The standard InChI is InChI=1S/C21H19FN2S/c1-15-11-12-18(22)20(13-15)24-21(25)23-19-10-6-5-9-17(19)14-16-7-3-2-4-8-16/h2-13H,14H2,1H3,(H2,23,24,25). The van der Waals surface area contributed by atoms with Gasteiger partial charge in [-0.3, -0.25) is 0 Å². The number of benzene rings is 3. The van der Waals surface area contributed by atoms with Gasteiger partial charge in [0.2, 0.25) is 0 Å². The first-order chi connectivity index (χ1) is 12.1. The van der Waals surface area contributed by atoms with Crippen LogP contribution < -0.4 is 10.6 Å². The second kappa shape index (κ2) is 7.90. The van der Waals surface area contributed by atoms with E-state index in [4.69, 9.17) is 12.2 Å². The van der Waals surface area contributed by atoms with Crippen LogP contribution in [0.5, 0.6) is 0 Å². The Labute approximate surface area is 152 Å². The van der Waals surface area contributed by atoms with Gasteiger partial charge in [-0.1, -0.05) is 54.6 Å².